The maximum absolute atomic E-state index is 5.68. The summed E-state index contributed by atoms with van der Waals surface area (Å²) in [5.74, 6) is 1.66. The van der Waals surface area contributed by atoms with Crippen LogP contribution < -0.4 is 9.47 Å². The molecular weight excluding hydrogens is 234 g/mol. The van der Waals surface area contributed by atoms with E-state index < -0.39 is 0 Å². The molecule has 5 heteroatoms. The second-order valence-electron chi connectivity index (χ2n) is 4.07. The zero-order chi connectivity index (χ0) is 12.6. The third-order valence-corrected chi connectivity index (χ3v) is 2.74. The van der Waals surface area contributed by atoms with Crippen LogP contribution in [0.25, 0.3) is 0 Å². The number of hydrogen-bond donors (Lipinski definition) is 1. The second kappa shape index (κ2) is 7.28. The number of H-pyrrole nitrogens is 1. The first kappa shape index (κ1) is 13.2. The number of fused-ring (bicyclic) bond motifs is 1. The zero-order valence-electron chi connectivity index (χ0n) is 10.9. The Morgan fingerprint density at radius 3 is 2.89 bits per heavy atom. The highest BCUT2D eigenvalue weighted by Gasteiger charge is 2.16. The first-order valence-corrected chi connectivity index (χ1v) is 6.53. The first-order chi connectivity index (χ1) is 8.92. The Balaban J connectivity index is 1.74. The number of ether oxygens (including phenoxy) is 4. The molecule has 0 aliphatic carbocycles. The van der Waals surface area contributed by atoms with Gasteiger partial charge in [0.05, 0.1) is 38.7 Å². The van der Waals surface area contributed by atoms with E-state index in [0.29, 0.717) is 26.4 Å². The van der Waals surface area contributed by atoms with Crippen molar-refractivity contribution in [3.8, 4) is 11.5 Å². The molecule has 2 rings (SSSR count). The molecule has 102 valence electrons. The molecule has 0 fully saturated rings. The lowest BCUT2D eigenvalue weighted by Gasteiger charge is -2.06. The normalized spacial score (nSPS) is 14.5. The minimum Gasteiger partial charge on any atom is -0.488 e. The van der Waals surface area contributed by atoms with Crippen LogP contribution in [0.3, 0.4) is 0 Å². The molecule has 1 aromatic rings. The van der Waals surface area contributed by atoms with E-state index in [0.717, 1.165) is 43.2 Å². The fourth-order valence-corrected chi connectivity index (χ4v) is 1.84. The Bertz CT molecular complexity index is 351. The van der Waals surface area contributed by atoms with Crippen molar-refractivity contribution in [2.75, 3.05) is 39.6 Å². The monoisotopic (exact) mass is 255 g/mol. The summed E-state index contributed by atoms with van der Waals surface area (Å²) in [6.07, 6.45) is 3.58. The number of aromatic nitrogens is 1. The lowest BCUT2D eigenvalue weighted by Crippen LogP contribution is -2.07. The number of rotatable bonds is 7. The number of aromatic amines is 1. The Hall–Kier alpha value is -1.20. The molecule has 0 saturated heterocycles. The molecule has 0 amide bonds. The molecule has 0 aromatic carbocycles. The molecule has 0 bridgehead atoms. The van der Waals surface area contributed by atoms with Gasteiger partial charge >= 0.3 is 0 Å². The predicted octanol–water partition coefficient (Wildman–Crippen LogP) is 1.77. The van der Waals surface area contributed by atoms with E-state index >= 15 is 0 Å². The lowest BCUT2D eigenvalue weighted by molar-refractivity contribution is 0.0537. The quantitative estimate of drug-likeness (QED) is 0.754. The van der Waals surface area contributed by atoms with Crippen molar-refractivity contribution in [2.45, 2.75) is 19.8 Å². The maximum atomic E-state index is 5.68. The summed E-state index contributed by atoms with van der Waals surface area (Å²) in [5.41, 5.74) is 1.04. The highest BCUT2D eigenvalue weighted by Crippen LogP contribution is 2.33. The minimum atomic E-state index is 0.633. The van der Waals surface area contributed by atoms with Crippen LogP contribution >= 0.6 is 0 Å². The van der Waals surface area contributed by atoms with Crippen molar-refractivity contribution >= 4 is 0 Å². The van der Waals surface area contributed by atoms with Gasteiger partial charge in [-0.1, -0.05) is 0 Å². The third kappa shape index (κ3) is 3.65. The summed E-state index contributed by atoms with van der Waals surface area (Å²) in [5, 5.41) is 0. The number of hydrogen-bond acceptors (Lipinski definition) is 4. The van der Waals surface area contributed by atoms with Crippen molar-refractivity contribution in [3.63, 3.8) is 0 Å². The van der Waals surface area contributed by atoms with Crippen LogP contribution in [0.15, 0.2) is 6.20 Å². The van der Waals surface area contributed by atoms with Crippen LogP contribution in [-0.4, -0.2) is 44.6 Å². The standard InChI is InChI=1S/C13H21NO4/c1-2-15-8-9-16-7-4-11-13-12(10-14-11)17-5-3-6-18-13/h10,14H,2-9H2,1H3. The predicted molar refractivity (Wildman–Crippen MR) is 67.4 cm³/mol. The van der Waals surface area contributed by atoms with Gasteiger partial charge in [0.15, 0.2) is 11.5 Å². The van der Waals surface area contributed by atoms with Crippen molar-refractivity contribution < 1.29 is 18.9 Å². The lowest BCUT2D eigenvalue weighted by atomic mass is 10.3. The first-order valence-electron chi connectivity index (χ1n) is 6.53. The van der Waals surface area contributed by atoms with Crippen LogP contribution in [0.5, 0.6) is 11.5 Å². The third-order valence-electron chi connectivity index (χ3n) is 2.74. The van der Waals surface area contributed by atoms with E-state index in [1.807, 2.05) is 13.1 Å². The topological polar surface area (TPSA) is 52.7 Å². The van der Waals surface area contributed by atoms with E-state index in [-0.39, 0.29) is 0 Å². The average Bonchev–Trinajstić information content (AvgIpc) is 2.62. The van der Waals surface area contributed by atoms with Crippen LogP contribution in [0, 0.1) is 0 Å². The van der Waals surface area contributed by atoms with Gasteiger partial charge in [-0.2, -0.15) is 0 Å². The molecule has 1 aromatic heterocycles. The fourth-order valence-electron chi connectivity index (χ4n) is 1.84. The Labute approximate surface area is 107 Å². The van der Waals surface area contributed by atoms with Crippen LogP contribution in [-0.2, 0) is 15.9 Å². The van der Waals surface area contributed by atoms with E-state index in [9.17, 15) is 0 Å². The SMILES string of the molecule is CCOCCOCCc1[nH]cc2c1OCCCO2. The summed E-state index contributed by atoms with van der Waals surface area (Å²) in [4.78, 5) is 3.18. The van der Waals surface area contributed by atoms with Crippen molar-refractivity contribution in [3.05, 3.63) is 11.9 Å². The highest BCUT2D eigenvalue weighted by molar-refractivity contribution is 5.44. The van der Waals surface area contributed by atoms with Gasteiger partial charge in [0.2, 0.25) is 0 Å². The van der Waals surface area contributed by atoms with Gasteiger partial charge in [0.25, 0.3) is 0 Å². The summed E-state index contributed by atoms with van der Waals surface area (Å²) in [6.45, 7) is 6.08. The van der Waals surface area contributed by atoms with Crippen molar-refractivity contribution in [1.82, 2.24) is 4.98 Å². The van der Waals surface area contributed by atoms with Gasteiger partial charge in [-0.05, 0) is 6.92 Å². The Morgan fingerprint density at radius 2 is 2.00 bits per heavy atom. The molecular formula is C13H21NO4. The van der Waals surface area contributed by atoms with Gasteiger partial charge in [0, 0.05) is 25.6 Å². The molecule has 0 spiro atoms. The molecule has 2 heterocycles. The van der Waals surface area contributed by atoms with E-state index in [1.165, 1.54) is 0 Å². The zero-order valence-corrected chi connectivity index (χ0v) is 10.9. The molecule has 1 aliphatic rings. The second-order valence-corrected chi connectivity index (χ2v) is 4.07. The summed E-state index contributed by atoms with van der Waals surface area (Å²) in [6, 6.07) is 0. The van der Waals surface area contributed by atoms with Gasteiger partial charge in [0.1, 0.15) is 0 Å². The van der Waals surface area contributed by atoms with Gasteiger partial charge in [-0.3, -0.25) is 0 Å². The van der Waals surface area contributed by atoms with Crippen LogP contribution in [0.2, 0.25) is 0 Å². The van der Waals surface area contributed by atoms with Crippen molar-refractivity contribution in [2.24, 2.45) is 0 Å². The Kier molecular flexibility index (Phi) is 5.36. The fraction of sp³-hybridized carbons (Fsp3) is 0.692. The Morgan fingerprint density at radius 1 is 1.17 bits per heavy atom. The molecule has 1 N–H and O–H groups in total. The largest absolute Gasteiger partial charge is 0.488 e. The minimum absolute atomic E-state index is 0.633. The van der Waals surface area contributed by atoms with Crippen LogP contribution in [0.1, 0.15) is 19.0 Å². The molecule has 5 nitrogen and oxygen atoms in total. The molecule has 0 radical (unpaired) electrons. The molecule has 18 heavy (non-hydrogen) atoms. The van der Waals surface area contributed by atoms with Crippen LogP contribution in [0.4, 0.5) is 0 Å². The smallest absolute Gasteiger partial charge is 0.182 e. The maximum Gasteiger partial charge on any atom is 0.182 e. The van der Waals surface area contributed by atoms with E-state index in [2.05, 4.69) is 4.98 Å². The summed E-state index contributed by atoms with van der Waals surface area (Å²) < 4.78 is 21.9. The van der Waals surface area contributed by atoms with Crippen molar-refractivity contribution in [1.29, 1.82) is 0 Å². The van der Waals surface area contributed by atoms with E-state index in [4.69, 9.17) is 18.9 Å². The summed E-state index contributed by atoms with van der Waals surface area (Å²) in [7, 11) is 0. The molecule has 0 atom stereocenters. The van der Waals surface area contributed by atoms with Gasteiger partial charge in [-0.25, -0.2) is 0 Å². The van der Waals surface area contributed by atoms with E-state index in [1.54, 1.807) is 0 Å². The summed E-state index contributed by atoms with van der Waals surface area (Å²) >= 11 is 0. The van der Waals surface area contributed by atoms with Gasteiger partial charge in [-0.15, -0.1) is 0 Å². The molecule has 0 saturated carbocycles. The molecule has 1 aliphatic heterocycles. The highest BCUT2D eigenvalue weighted by atomic mass is 16.5. The average molecular weight is 255 g/mol. The molecule has 0 unspecified atom stereocenters. The van der Waals surface area contributed by atoms with Gasteiger partial charge < -0.3 is 23.9 Å². The number of nitrogens with one attached hydrogen (secondary N) is 1.